The number of benzene rings is 1. The summed E-state index contributed by atoms with van der Waals surface area (Å²) in [7, 11) is 4.97. The molecular weight excluding hydrogens is 390 g/mol. The number of esters is 3. The molecule has 1 heterocycles. The molecule has 1 aromatic rings. The Morgan fingerprint density at radius 1 is 0.893 bits per heavy atom. The number of hydrogen-bond acceptors (Lipinski definition) is 8. The van der Waals surface area contributed by atoms with Crippen LogP contribution in [0.15, 0.2) is 47.8 Å². The number of ether oxygens (including phenoxy) is 4. The van der Waals surface area contributed by atoms with Gasteiger partial charge in [-0.2, -0.15) is 0 Å². The Morgan fingerprint density at radius 3 is 2.11 bits per heavy atom. The Bertz CT molecular complexity index is 902. The lowest BCUT2D eigenvalue weighted by atomic mass is 10.1. The van der Waals surface area contributed by atoms with E-state index in [1.807, 2.05) is 0 Å². The fourth-order valence-corrected chi connectivity index (χ4v) is 2.77. The second-order valence-electron chi connectivity index (χ2n) is 5.32. The summed E-state index contributed by atoms with van der Waals surface area (Å²) >= 11 is 6.43. The van der Waals surface area contributed by atoms with Gasteiger partial charge in [-0.15, -0.1) is 0 Å². The van der Waals surface area contributed by atoms with Crippen LogP contribution in [-0.2, 0) is 23.8 Å². The van der Waals surface area contributed by atoms with Gasteiger partial charge in [0.2, 0.25) is 0 Å². The normalized spacial score (nSPS) is 13.1. The lowest BCUT2D eigenvalue weighted by Crippen LogP contribution is -2.27. The molecule has 0 amide bonds. The minimum atomic E-state index is -0.810. The molecule has 0 aliphatic carbocycles. The van der Waals surface area contributed by atoms with Gasteiger partial charge in [-0.05, 0) is 24.3 Å². The Labute approximate surface area is 166 Å². The Kier molecular flexibility index (Phi) is 6.84. The van der Waals surface area contributed by atoms with Crippen molar-refractivity contribution < 1.29 is 33.3 Å². The average molecular weight is 408 g/mol. The molecule has 0 saturated carbocycles. The molecule has 9 heteroatoms. The average Bonchev–Trinajstić information content (AvgIpc) is 2.95. The van der Waals surface area contributed by atoms with Crippen LogP contribution in [-0.4, -0.2) is 46.3 Å². The van der Waals surface area contributed by atoms with Crippen molar-refractivity contribution in [3.05, 3.63) is 58.4 Å². The molecule has 0 unspecified atom stereocenters. The maximum Gasteiger partial charge on any atom is 0.355 e. The van der Waals surface area contributed by atoms with Crippen molar-refractivity contribution >= 4 is 35.2 Å². The zero-order chi connectivity index (χ0) is 20.8. The molecule has 28 heavy (non-hydrogen) atoms. The summed E-state index contributed by atoms with van der Waals surface area (Å²) < 4.78 is 19.6. The molecule has 1 aliphatic heterocycles. The first-order valence-corrected chi connectivity index (χ1v) is 8.28. The number of hydrogen-bond donors (Lipinski definition) is 0. The number of anilines is 1. The van der Waals surface area contributed by atoms with E-state index in [-0.39, 0.29) is 33.3 Å². The van der Waals surface area contributed by atoms with Crippen molar-refractivity contribution in [1.82, 2.24) is 0 Å². The van der Waals surface area contributed by atoms with Crippen molar-refractivity contribution in [2.75, 3.05) is 33.3 Å². The molecule has 1 aliphatic rings. The van der Waals surface area contributed by atoms with E-state index < -0.39 is 17.9 Å². The van der Waals surface area contributed by atoms with Gasteiger partial charge in [-0.25, -0.2) is 14.4 Å². The molecule has 0 saturated heterocycles. The number of methoxy groups -OCH3 is 4. The van der Waals surface area contributed by atoms with E-state index in [4.69, 9.17) is 30.5 Å². The molecule has 0 aromatic heterocycles. The molecule has 8 nitrogen and oxygen atoms in total. The van der Waals surface area contributed by atoms with E-state index in [9.17, 15) is 14.4 Å². The van der Waals surface area contributed by atoms with E-state index in [0.29, 0.717) is 0 Å². The fraction of sp³-hybridized carbons (Fsp3) is 0.211. The molecule has 0 spiro atoms. The highest BCUT2D eigenvalue weighted by molar-refractivity contribution is 6.35. The van der Waals surface area contributed by atoms with Crippen molar-refractivity contribution in [3.8, 4) is 5.75 Å². The van der Waals surface area contributed by atoms with Gasteiger partial charge in [-0.1, -0.05) is 17.7 Å². The Morgan fingerprint density at radius 2 is 1.54 bits per heavy atom. The van der Waals surface area contributed by atoms with E-state index in [2.05, 4.69) is 0 Å². The molecular formula is C19H18ClNO7. The van der Waals surface area contributed by atoms with Crippen LogP contribution in [0.3, 0.4) is 0 Å². The van der Waals surface area contributed by atoms with Gasteiger partial charge in [0.05, 0.1) is 45.3 Å². The summed E-state index contributed by atoms with van der Waals surface area (Å²) in [6, 6.07) is 2.81. The molecule has 0 bridgehead atoms. The highest BCUT2D eigenvalue weighted by atomic mass is 35.5. The molecule has 2 rings (SSSR count). The summed E-state index contributed by atoms with van der Waals surface area (Å²) in [4.78, 5) is 38.1. The van der Waals surface area contributed by atoms with Crippen molar-refractivity contribution in [1.29, 1.82) is 0 Å². The third-order valence-electron chi connectivity index (χ3n) is 3.81. The predicted octanol–water partition coefficient (Wildman–Crippen LogP) is 2.63. The lowest BCUT2D eigenvalue weighted by Gasteiger charge is -2.25. The maximum absolute atomic E-state index is 12.5. The highest BCUT2D eigenvalue weighted by Crippen LogP contribution is 2.39. The number of nitrogens with zero attached hydrogens (tertiary/aromatic N) is 1. The van der Waals surface area contributed by atoms with Gasteiger partial charge in [0.15, 0.2) is 0 Å². The summed E-state index contributed by atoms with van der Waals surface area (Å²) in [5.41, 5.74) is 0.125. The molecule has 148 valence electrons. The number of carbonyl (C=O) groups is 3. The standard InChI is InChI=1S/C19H18ClNO7/c1-25-14-10-11(17(22)26-2)9-13(15(14)20)21-8-6-5-7-12(18(23)27-3)16(21)19(24)28-4/h5-10H,1-4H3. The number of allylic oxidation sites excluding steroid dienone is 2. The van der Waals surface area contributed by atoms with Crippen LogP contribution in [0, 0.1) is 0 Å². The summed E-state index contributed by atoms with van der Waals surface area (Å²) in [5, 5.41) is 0.104. The smallest absolute Gasteiger partial charge is 0.355 e. The van der Waals surface area contributed by atoms with E-state index in [1.165, 1.54) is 57.7 Å². The topological polar surface area (TPSA) is 91.4 Å². The number of carbonyl (C=O) groups excluding carboxylic acids is 3. The van der Waals surface area contributed by atoms with Crippen LogP contribution in [0.1, 0.15) is 10.4 Å². The van der Waals surface area contributed by atoms with Crippen molar-refractivity contribution in [3.63, 3.8) is 0 Å². The van der Waals surface area contributed by atoms with E-state index >= 15 is 0 Å². The van der Waals surface area contributed by atoms with Crippen molar-refractivity contribution in [2.24, 2.45) is 0 Å². The second kappa shape index (κ2) is 9.09. The molecule has 0 N–H and O–H groups in total. The predicted molar refractivity (Wildman–Crippen MR) is 101 cm³/mol. The first kappa shape index (κ1) is 21.0. The van der Waals surface area contributed by atoms with Crippen LogP contribution in [0.25, 0.3) is 0 Å². The molecule has 0 atom stereocenters. The highest BCUT2D eigenvalue weighted by Gasteiger charge is 2.30. The zero-order valence-electron chi connectivity index (χ0n) is 15.6. The molecule has 0 radical (unpaired) electrons. The summed E-state index contributed by atoms with van der Waals surface area (Å²) in [6.45, 7) is 0. The second-order valence-corrected chi connectivity index (χ2v) is 5.70. The SMILES string of the molecule is COC(=O)C1=C(C(=O)OC)N(c2cc(C(=O)OC)cc(OC)c2Cl)C=CC=C1. The monoisotopic (exact) mass is 407 g/mol. The van der Waals surface area contributed by atoms with E-state index in [1.54, 1.807) is 12.2 Å². The van der Waals surface area contributed by atoms with Gasteiger partial charge >= 0.3 is 17.9 Å². The van der Waals surface area contributed by atoms with Crippen molar-refractivity contribution in [2.45, 2.75) is 0 Å². The summed E-state index contributed by atoms with van der Waals surface area (Å²) in [6.07, 6.45) is 6.02. The van der Waals surface area contributed by atoms with E-state index in [0.717, 1.165) is 0 Å². The number of rotatable bonds is 5. The lowest BCUT2D eigenvalue weighted by molar-refractivity contribution is -0.139. The van der Waals surface area contributed by atoms with Gasteiger partial charge in [-0.3, -0.25) is 0 Å². The van der Waals surface area contributed by atoms with Gasteiger partial charge in [0.25, 0.3) is 0 Å². The molecule has 0 fully saturated rings. The van der Waals surface area contributed by atoms with Crippen LogP contribution >= 0.6 is 11.6 Å². The minimum absolute atomic E-state index is 0.0575. The van der Waals surface area contributed by atoms with Crippen LogP contribution < -0.4 is 9.64 Å². The van der Waals surface area contributed by atoms with Gasteiger partial charge in [0, 0.05) is 6.20 Å². The Balaban J connectivity index is 2.81. The third kappa shape index (κ3) is 4.01. The van der Waals surface area contributed by atoms with Gasteiger partial charge in [0.1, 0.15) is 16.5 Å². The quantitative estimate of drug-likeness (QED) is 0.543. The summed E-state index contributed by atoms with van der Waals surface area (Å²) in [5.74, 6) is -2.02. The van der Waals surface area contributed by atoms with Crippen LogP contribution in [0.2, 0.25) is 5.02 Å². The Hall–Kier alpha value is -3.26. The first-order valence-electron chi connectivity index (χ1n) is 7.90. The van der Waals surface area contributed by atoms with Crippen LogP contribution in [0.4, 0.5) is 5.69 Å². The number of halogens is 1. The largest absolute Gasteiger partial charge is 0.495 e. The minimum Gasteiger partial charge on any atom is -0.495 e. The van der Waals surface area contributed by atoms with Crippen LogP contribution in [0.5, 0.6) is 5.75 Å². The first-order chi connectivity index (χ1) is 13.4. The molecule has 1 aromatic carbocycles. The van der Waals surface area contributed by atoms with Gasteiger partial charge < -0.3 is 23.8 Å². The maximum atomic E-state index is 12.5. The zero-order valence-corrected chi connectivity index (χ0v) is 16.4. The third-order valence-corrected chi connectivity index (χ3v) is 4.19. The fourth-order valence-electron chi connectivity index (χ4n) is 2.49.